The smallest absolute Gasteiger partial charge is 0.415 e. The van der Waals surface area contributed by atoms with Gasteiger partial charge in [0.2, 0.25) is 0 Å². The lowest BCUT2D eigenvalue weighted by Gasteiger charge is -2.43. The number of nitrogens with one attached hydrogen (secondary N) is 1. The second kappa shape index (κ2) is 10.3. The Labute approximate surface area is 248 Å². The van der Waals surface area contributed by atoms with Crippen molar-refractivity contribution in [1.82, 2.24) is 24.1 Å². The van der Waals surface area contributed by atoms with Gasteiger partial charge in [0.1, 0.15) is 23.1 Å². The van der Waals surface area contributed by atoms with Gasteiger partial charge in [0.05, 0.1) is 17.8 Å². The number of allylic oxidation sites excluding steroid dienone is 1. The van der Waals surface area contributed by atoms with Crippen LogP contribution in [-0.2, 0) is 6.54 Å². The maximum Gasteiger partial charge on any atom is 0.415 e. The summed E-state index contributed by atoms with van der Waals surface area (Å²) < 4.78 is 16.2. The lowest BCUT2D eigenvalue weighted by molar-refractivity contribution is 0.0814. The van der Waals surface area contributed by atoms with Crippen LogP contribution in [0.4, 0.5) is 4.79 Å². The van der Waals surface area contributed by atoms with Gasteiger partial charge < -0.3 is 19.7 Å². The first-order valence-corrected chi connectivity index (χ1v) is 13.7. The molecule has 0 aliphatic carbocycles. The van der Waals surface area contributed by atoms with Crippen LogP contribution in [0.1, 0.15) is 56.6 Å². The van der Waals surface area contributed by atoms with Gasteiger partial charge in [-0.25, -0.2) is 28.3 Å². The Morgan fingerprint density at radius 1 is 1.02 bits per heavy atom. The molecule has 3 aliphatic heterocycles. The number of hydrogen-bond acceptors (Lipinski definition) is 7. The zero-order valence-electron chi connectivity index (χ0n) is 24.2. The summed E-state index contributed by atoms with van der Waals surface area (Å²) in [6.45, 7) is 11.3. The second-order valence-corrected chi connectivity index (χ2v) is 11.8. The minimum atomic E-state index is -0.799. The number of aromatic nitrogens is 3. The van der Waals surface area contributed by atoms with Gasteiger partial charge in [0.15, 0.2) is 5.78 Å². The lowest BCUT2D eigenvalue weighted by atomic mass is 9.83. The Balaban J connectivity index is 0.00000353. The van der Waals surface area contributed by atoms with E-state index >= 15 is 0 Å². The van der Waals surface area contributed by atoms with Crippen LogP contribution in [-0.4, -0.2) is 61.5 Å². The largest absolute Gasteiger partial charge is 0.483 e. The number of Topliss-reactive ketones (excluding diaryl/α,β-unsaturated/α-hetero) is 1. The number of ketones is 1. The Kier molecular flexibility index (Phi) is 7.23. The first-order chi connectivity index (χ1) is 19.4. The summed E-state index contributed by atoms with van der Waals surface area (Å²) in [5.41, 5.74) is 0.233. The van der Waals surface area contributed by atoms with Crippen LogP contribution in [0.3, 0.4) is 0 Å². The van der Waals surface area contributed by atoms with Crippen molar-refractivity contribution in [2.45, 2.75) is 58.3 Å². The van der Waals surface area contributed by atoms with E-state index in [4.69, 9.17) is 9.47 Å². The van der Waals surface area contributed by atoms with Gasteiger partial charge >= 0.3 is 17.5 Å². The first-order valence-electron chi connectivity index (χ1n) is 13.7. The second-order valence-electron chi connectivity index (χ2n) is 11.8. The standard InChI is InChI=1S/C30H33N5O6.ClH/c1-18(36)19-6-8-20(9-7-19)34-26(37)33-14-12-23-25(35(33)27(34)38)22-11-10-21(16-24(22)41-30(23,4)5)40-28(39)32-15-13-31-17-29(32,2)3;/h6-12,16,25,31H,13-15,17H2,1-5H3;1H. The van der Waals surface area contributed by atoms with E-state index in [2.05, 4.69) is 5.32 Å². The average molecular weight is 596 g/mol. The number of piperazine rings is 1. The van der Waals surface area contributed by atoms with E-state index in [9.17, 15) is 19.2 Å². The molecule has 42 heavy (non-hydrogen) atoms. The third-order valence-electron chi connectivity index (χ3n) is 8.18. The molecule has 3 aliphatic rings. The van der Waals surface area contributed by atoms with Crippen molar-refractivity contribution in [2.24, 2.45) is 0 Å². The fraction of sp³-hybridized carbons (Fsp3) is 0.400. The van der Waals surface area contributed by atoms with E-state index in [1.807, 2.05) is 33.8 Å². The topological polar surface area (TPSA) is 117 Å². The molecule has 1 unspecified atom stereocenters. The van der Waals surface area contributed by atoms with Crippen molar-refractivity contribution in [3.63, 3.8) is 0 Å². The third-order valence-corrected chi connectivity index (χ3v) is 8.18. The van der Waals surface area contributed by atoms with Gasteiger partial charge in [-0.15, -0.1) is 12.4 Å². The number of carbonyl (C=O) groups excluding carboxylic acids is 2. The number of amides is 1. The normalized spacial score (nSPS) is 19.7. The average Bonchev–Trinajstić information content (AvgIpc) is 3.17. The Morgan fingerprint density at radius 3 is 2.40 bits per heavy atom. The monoisotopic (exact) mass is 595 g/mol. The van der Waals surface area contributed by atoms with Gasteiger partial charge in [0, 0.05) is 36.8 Å². The molecule has 0 radical (unpaired) electrons. The quantitative estimate of drug-likeness (QED) is 0.365. The minimum Gasteiger partial charge on any atom is -0.483 e. The molecule has 1 fully saturated rings. The number of halogens is 1. The van der Waals surface area contributed by atoms with E-state index in [0.717, 1.165) is 10.1 Å². The van der Waals surface area contributed by atoms with Crippen LogP contribution in [0.25, 0.3) is 5.69 Å². The maximum atomic E-state index is 13.9. The Hall–Kier alpha value is -4.09. The van der Waals surface area contributed by atoms with Crippen LogP contribution in [0, 0.1) is 0 Å². The Bertz CT molecular complexity index is 1730. The molecule has 4 heterocycles. The highest BCUT2D eigenvalue weighted by Gasteiger charge is 2.44. The lowest BCUT2D eigenvalue weighted by Crippen LogP contribution is -2.60. The zero-order chi connectivity index (χ0) is 29.3. The van der Waals surface area contributed by atoms with Crippen LogP contribution in [0.5, 0.6) is 11.5 Å². The number of rotatable bonds is 3. The van der Waals surface area contributed by atoms with E-state index in [0.29, 0.717) is 47.9 Å². The first kappa shape index (κ1) is 29.4. The summed E-state index contributed by atoms with van der Waals surface area (Å²) in [5, 5.41) is 3.29. The molecule has 1 aromatic heterocycles. The summed E-state index contributed by atoms with van der Waals surface area (Å²) >= 11 is 0. The van der Waals surface area contributed by atoms with Crippen LogP contribution >= 0.6 is 12.4 Å². The van der Waals surface area contributed by atoms with Crippen LogP contribution in [0.15, 0.2) is 63.7 Å². The highest BCUT2D eigenvalue weighted by atomic mass is 35.5. The van der Waals surface area contributed by atoms with Gasteiger partial charge in [-0.3, -0.25) is 4.79 Å². The SMILES string of the molecule is CC(=O)c1ccc(-n2c(=O)n3n(c2=O)C2C(=CC3)C(C)(C)Oc3cc(OC(=O)N4CCNCC4(C)C)ccc32)cc1.Cl. The minimum absolute atomic E-state index is 0. The fourth-order valence-electron chi connectivity index (χ4n) is 5.98. The van der Waals surface area contributed by atoms with Crippen molar-refractivity contribution in [1.29, 1.82) is 0 Å². The highest BCUT2D eigenvalue weighted by Crippen LogP contribution is 2.47. The van der Waals surface area contributed by atoms with Gasteiger partial charge in [-0.1, -0.05) is 6.08 Å². The summed E-state index contributed by atoms with van der Waals surface area (Å²) in [5.74, 6) is 0.691. The van der Waals surface area contributed by atoms with E-state index in [-0.39, 0.29) is 24.7 Å². The Morgan fingerprint density at radius 2 is 1.74 bits per heavy atom. The van der Waals surface area contributed by atoms with Crippen molar-refractivity contribution >= 4 is 24.3 Å². The summed E-state index contributed by atoms with van der Waals surface area (Å²) in [4.78, 5) is 53.9. The summed E-state index contributed by atoms with van der Waals surface area (Å²) in [7, 11) is 0. The van der Waals surface area contributed by atoms with Crippen molar-refractivity contribution in [2.75, 3.05) is 19.6 Å². The van der Waals surface area contributed by atoms with E-state index in [1.54, 1.807) is 47.4 Å². The number of hydrogen-bond donors (Lipinski definition) is 1. The predicted molar refractivity (Wildman–Crippen MR) is 159 cm³/mol. The maximum absolute atomic E-state index is 13.9. The highest BCUT2D eigenvalue weighted by molar-refractivity contribution is 5.94. The van der Waals surface area contributed by atoms with E-state index < -0.39 is 34.7 Å². The molecule has 11 nitrogen and oxygen atoms in total. The molecule has 1 N–H and O–H groups in total. The van der Waals surface area contributed by atoms with Crippen molar-refractivity contribution < 1.29 is 19.1 Å². The molecule has 0 bridgehead atoms. The molecule has 3 aromatic rings. The fourth-order valence-corrected chi connectivity index (χ4v) is 5.98. The third kappa shape index (κ3) is 4.66. The summed E-state index contributed by atoms with van der Waals surface area (Å²) in [6, 6.07) is 10.9. The molecule has 1 saturated heterocycles. The van der Waals surface area contributed by atoms with Gasteiger partial charge in [-0.2, -0.15) is 0 Å². The molecule has 0 saturated carbocycles. The van der Waals surface area contributed by atoms with Crippen LogP contribution in [0.2, 0.25) is 0 Å². The molecule has 2 aromatic carbocycles. The van der Waals surface area contributed by atoms with Crippen LogP contribution < -0.4 is 26.2 Å². The molecule has 6 rings (SSSR count). The van der Waals surface area contributed by atoms with Gasteiger partial charge in [0.25, 0.3) is 0 Å². The molecule has 222 valence electrons. The number of benzene rings is 2. The molecule has 0 spiro atoms. The zero-order valence-corrected chi connectivity index (χ0v) is 25.0. The van der Waals surface area contributed by atoms with E-state index in [1.165, 1.54) is 16.3 Å². The van der Waals surface area contributed by atoms with Crippen molar-refractivity contribution in [3.05, 3.63) is 86.2 Å². The van der Waals surface area contributed by atoms with Gasteiger partial charge in [-0.05, 0) is 76.6 Å². The molecule has 12 heteroatoms. The number of fused-ring (bicyclic) bond motifs is 5. The number of ether oxygens (including phenoxy) is 2. The molecule has 1 atom stereocenters. The molecular formula is C30H34ClN5O6. The number of nitrogens with zero attached hydrogens (tertiary/aromatic N) is 4. The predicted octanol–water partition coefficient (Wildman–Crippen LogP) is 3.31. The molecular weight excluding hydrogens is 562 g/mol. The van der Waals surface area contributed by atoms with Crippen molar-refractivity contribution in [3.8, 4) is 17.2 Å². The summed E-state index contributed by atoms with van der Waals surface area (Å²) in [6.07, 6.45) is 1.49. The molecule has 1 amide bonds. The number of carbonyl (C=O) groups is 2.